The van der Waals surface area contributed by atoms with E-state index in [4.69, 9.17) is 0 Å². The molecule has 0 unspecified atom stereocenters. The number of hydrogen-bond donors (Lipinski definition) is 0. The minimum atomic E-state index is -0.169. The molecule has 2 heteroatoms. The maximum absolute atomic E-state index is 13.8. The van der Waals surface area contributed by atoms with Gasteiger partial charge in [-0.15, -0.1) is 0 Å². The van der Waals surface area contributed by atoms with Gasteiger partial charge >= 0.3 is 0 Å². The molecule has 0 aliphatic heterocycles. The van der Waals surface area contributed by atoms with E-state index in [9.17, 15) is 4.39 Å². The first-order valence-electron chi connectivity index (χ1n) is 5.01. The molecule has 2 aromatic rings. The Labute approximate surface area is 89.2 Å². The van der Waals surface area contributed by atoms with E-state index in [0.29, 0.717) is 5.69 Å². The van der Waals surface area contributed by atoms with Crippen molar-refractivity contribution < 1.29 is 4.39 Å². The molecule has 0 amide bonds. The van der Waals surface area contributed by atoms with Crippen molar-refractivity contribution in [3.8, 4) is 5.69 Å². The summed E-state index contributed by atoms with van der Waals surface area (Å²) in [6.45, 7) is 5.90. The van der Waals surface area contributed by atoms with Crippen LogP contribution in [0.4, 0.5) is 4.39 Å². The number of para-hydroxylation sites is 1. The van der Waals surface area contributed by atoms with Gasteiger partial charge in [-0.3, -0.25) is 0 Å². The first-order valence-corrected chi connectivity index (χ1v) is 5.01. The zero-order valence-electron chi connectivity index (χ0n) is 9.21. The Hall–Kier alpha value is -1.57. The molecule has 2 rings (SSSR count). The summed E-state index contributed by atoms with van der Waals surface area (Å²) in [7, 11) is 0. The minimum absolute atomic E-state index is 0.169. The molecule has 0 spiro atoms. The molecule has 0 bridgehead atoms. The van der Waals surface area contributed by atoms with Gasteiger partial charge in [0.05, 0.1) is 5.69 Å². The van der Waals surface area contributed by atoms with E-state index in [0.717, 1.165) is 17.0 Å². The summed E-state index contributed by atoms with van der Waals surface area (Å²) in [5, 5.41) is 0. The maximum atomic E-state index is 13.8. The van der Waals surface area contributed by atoms with Crippen molar-refractivity contribution in [3.63, 3.8) is 0 Å². The highest BCUT2D eigenvalue weighted by molar-refractivity contribution is 5.45. The van der Waals surface area contributed by atoms with Crippen LogP contribution >= 0.6 is 0 Å². The van der Waals surface area contributed by atoms with Gasteiger partial charge < -0.3 is 4.57 Å². The van der Waals surface area contributed by atoms with E-state index in [1.807, 2.05) is 43.5 Å². The first-order chi connectivity index (χ1) is 7.11. The first kappa shape index (κ1) is 9.97. The second-order valence-corrected chi connectivity index (χ2v) is 3.86. The summed E-state index contributed by atoms with van der Waals surface area (Å²) < 4.78 is 15.7. The van der Waals surface area contributed by atoms with Crippen molar-refractivity contribution in [3.05, 3.63) is 53.1 Å². The highest BCUT2D eigenvalue weighted by Crippen LogP contribution is 2.22. The van der Waals surface area contributed by atoms with Crippen molar-refractivity contribution in [2.24, 2.45) is 0 Å². The fourth-order valence-electron chi connectivity index (χ4n) is 1.93. The zero-order valence-corrected chi connectivity index (χ0v) is 9.21. The molecule has 78 valence electrons. The predicted octanol–water partition coefficient (Wildman–Crippen LogP) is 3.54. The number of rotatable bonds is 1. The number of halogens is 1. The lowest BCUT2D eigenvalue weighted by Gasteiger charge is -2.13. The van der Waals surface area contributed by atoms with E-state index >= 15 is 0 Å². The van der Waals surface area contributed by atoms with Crippen LogP contribution in [-0.2, 0) is 0 Å². The van der Waals surface area contributed by atoms with Gasteiger partial charge in [-0.05, 0) is 44.5 Å². The molecule has 0 saturated heterocycles. The number of aromatic nitrogens is 1. The van der Waals surface area contributed by atoms with E-state index in [2.05, 4.69) is 0 Å². The lowest BCUT2D eigenvalue weighted by Crippen LogP contribution is -2.03. The average Bonchev–Trinajstić information content (AvgIpc) is 2.49. The van der Waals surface area contributed by atoms with Gasteiger partial charge in [0.1, 0.15) is 5.82 Å². The summed E-state index contributed by atoms with van der Waals surface area (Å²) in [5.41, 5.74) is 3.73. The smallest absolute Gasteiger partial charge is 0.147 e. The summed E-state index contributed by atoms with van der Waals surface area (Å²) in [5.74, 6) is -0.169. The number of hydrogen-bond acceptors (Lipinski definition) is 0. The van der Waals surface area contributed by atoms with Gasteiger partial charge in [-0.2, -0.15) is 0 Å². The molecule has 0 saturated carbocycles. The fraction of sp³-hybridized carbons (Fsp3) is 0.231. The van der Waals surface area contributed by atoms with Crippen LogP contribution in [0.1, 0.15) is 17.0 Å². The Morgan fingerprint density at radius 2 is 1.53 bits per heavy atom. The monoisotopic (exact) mass is 203 g/mol. The SMILES string of the molecule is Cc1cccc(F)c1-n1c(C)ccc1C. The topological polar surface area (TPSA) is 4.93 Å². The van der Waals surface area contributed by atoms with Gasteiger partial charge in [0.15, 0.2) is 0 Å². The Bertz CT molecular complexity index is 457. The molecule has 15 heavy (non-hydrogen) atoms. The summed E-state index contributed by atoms with van der Waals surface area (Å²) in [4.78, 5) is 0. The summed E-state index contributed by atoms with van der Waals surface area (Å²) >= 11 is 0. The van der Waals surface area contributed by atoms with E-state index in [1.165, 1.54) is 6.07 Å². The van der Waals surface area contributed by atoms with Crippen LogP contribution in [0.25, 0.3) is 5.69 Å². The Kier molecular flexibility index (Phi) is 2.35. The molecule has 0 radical (unpaired) electrons. The third kappa shape index (κ3) is 1.56. The molecular formula is C13H14FN. The van der Waals surface area contributed by atoms with Gasteiger partial charge in [0.2, 0.25) is 0 Å². The van der Waals surface area contributed by atoms with Crippen LogP contribution in [0.3, 0.4) is 0 Å². The zero-order chi connectivity index (χ0) is 11.0. The maximum Gasteiger partial charge on any atom is 0.147 e. The molecule has 0 N–H and O–H groups in total. The molecule has 1 nitrogen and oxygen atoms in total. The van der Waals surface area contributed by atoms with Crippen molar-refractivity contribution in [1.82, 2.24) is 4.57 Å². The van der Waals surface area contributed by atoms with E-state index in [-0.39, 0.29) is 5.82 Å². The molecule has 0 fully saturated rings. The van der Waals surface area contributed by atoms with Gasteiger partial charge in [0.25, 0.3) is 0 Å². The molecule has 0 atom stereocenters. The molecule has 1 aromatic carbocycles. The second kappa shape index (κ2) is 3.54. The fourth-order valence-corrected chi connectivity index (χ4v) is 1.93. The molecule has 0 aliphatic rings. The van der Waals surface area contributed by atoms with Crippen LogP contribution in [0.2, 0.25) is 0 Å². The van der Waals surface area contributed by atoms with Crippen molar-refractivity contribution in [2.75, 3.05) is 0 Å². The van der Waals surface area contributed by atoms with Crippen molar-refractivity contribution in [2.45, 2.75) is 20.8 Å². The third-order valence-corrected chi connectivity index (χ3v) is 2.68. The average molecular weight is 203 g/mol. The third-order valence-electron chi connectivity index (χ3n) is 2.68. The molecule has 0 aliphatic carbocycles. The number of nitrogens with zero attached hydrogens (tertiary/aromatic N) is 1. The molecule has 1 heterocycles. The lowest BCUT2D eigenvalue weighted by atomic mass is 10.2. The molecule has 1 aromatic heterocycles. The van der Waals surface area contributed by atoms with E-state index in [1.54, 1.807) is 6.07 Å². The predicted molar refractivity (Wildman–Crippen MR) is 59.9 cm³/mol. The Morgan fingerprint density at radius 1 is 0.933 bits per heavy atom. The molecular weight excluding hydrogens is 189 g/mol. The number of benzene rings is 1. The van der Waals surface area contributed by atoms with E-state index < -0.39 is 0 Å². The Morgan fingerprint density at radius 3 is 2.07 bits per heavy atom. The van der Waals surface area contributed by atoms with Gasteiger partial charge in [-0.1, -0.05) is 12.1 Å². The highest BCUT2D eigenvalue weighted by Gasteiger charge is 2.10. The second-order valence-electron chi connectivity index (χ2n) is 3.86. The van der Waals surface area contributed by atoms with Crippen LogP contribution < -0.4 is 0 Å². The normalized spacial score (nSPS) is 10.7. The van der Waals surface area contributed by atoms with Crippen LogP contribution in [0.15, 0.2) is 30.3 Å². The summed E-state index contributed by atoms with van der Waals surface area (Å²) in [6.07, 6.45) is 0. The minimum Gasteiger partial charge on any atom is -0.316 e. The number of aryl methyl sites for hydroxylation is 3. The van der Waals surface area contributed by atoms with Crippen molar-refractivity contribution in [1.29, 1.82) is 0 Å². The standard InChI is InChI=1S/C13H14FN/c1-9-5-4-6-12(14)13(9)15-10(2)7-8-11(15)3/h4-8H,1-3H3. The Balaban J connectivity index is 2.74. The van der Waals surface area contributed by atoms with Crippen LogP contribution in [0.5, 0.6) is 0 Å². The van der Waals surface area contributed by atoms with Crippen molar-refractivity contribution >= 4 is 0 Å². The van der Waals surface area contributed by atoms with Crippen LogP contribution in [-0.4, -0.2) is 4.57 Å². The van der Waals surface area contributed by atoms with Gasteiger partial charge in [-0.25, -0.2) is 4.39 Å². The quantitative estimate of drug-likeness (QED) is 0.668. The van der Waals surface area contributed by atoms with Crippen LogP contribution in [0, 0.1) is 26.6 Å². The summed E-state index contributed by atoms with van der Waals surface area (Å²) in [6, 6.07) is 9.17. The largest absolute Gasteiger partial charge is 0.316 e. The lowest BCUT2D eigenvalue weighted by molar-refractivity contribution is 0.614. The highest BCUT2D eigenvalue weighted by atomic mass is 19.1. The van der Waals surface area contributed by atoms with Gasteiger partial charge in [0, 0.05) is 11.4 Å².